The Morgan fingerprint density at radius 2 is 1.91 bits per heavy atom. The molecule has 0 amide bonds. The van der Waals surface area contributed by atoms with Crippen molar-refractivity contribution >= 4 is 10.0 Å². The molecule has 1 aromatic rings. The van der Waals surface area contributed by atoms with Crippen molar-refractivity contribution in [3.05, 3.63) is 35.9 Å². The third kappa shape index (κ3) is 3.68. The molecule has 4 nitrogen and oxygen atoms in total. The molecule has 1 heterocycles. The average molecular weight is 320 g/mol. The second-order valence-corrected chi connectivity index (χ2v) is 8.10. The van der Waals surface area contributed by atoms with Crippen molar-refractivity contribution in [1.29, 1.82) is 5.26 Å². The zero-order valence-corrected chi connectivity index (χ0v) is 14.1. The summed E-state index contributed by atoms with van der Waals surface area (Å²) < 4.78 is 27.0. The Morgan fingerprint density at radius 3 is 2.55 bits per heavy atom. The van der Waals surface area contributed by atoms with E-state index in [1.807, 2.05) is 32.0 Å². The summed E-state index contributed by atoms with van der Waals surface area (Å²) in [5, 5.41) is 8.54. The number of hydrogen-bond acceptors (Lipinski definition) is 3. The van der Waals surface area contributed by atoms with Gasteiger partial charge in [0.25, 0.3) is 0 Å². The Balaban J connectivity index is 2.10. The Kier molecular flexibility index (Phi) is 5.60. The minimum atomic E-state index is -3.26. The second-order valence-electron chi connectivity index (χ2n) is 6.10. The Bertz CT molecular complexity index is 622. The van der Waals surface area contributed by atoms with Gasteiger partial charge in [0.1, 0.15) is 0 Å². The van der Waals surface area contributed by atoms with Gasteiger partial charge in [-0.15, -0.1) is 0 Å². The van der Waals surface area contributed by atoms with E-state index >= 15 is 0 Å². The van der Waals surface area contributed by atoms with Crippen LogP contribution in [-0.4, -0.2) is 30.6 Å². The number of benzene rings is 1. The maximum absolute atomic E-state index is 12.6. The van der Waals surface area contributed by atoms with E-state index in [1.54, 1.807) is 4.31 Å². The van der Waals surface area contributed by atoms with E-state index in [9.17, 15) is 8.42 Å². The summed E-state index contributed by atoms with van der Waals surface area (Å²) in [6.07, 6.45) is 2.49. The third-order valence-corrected chi connectivity index (χ3v) is 6.64. The molecule has 0 radical (unpaired) electrons. The third-order valence-electron chi connectivity index (χ3n) is 4.50. The highest BCUT2D eigenvalue weighted by atomic mass is 32.2. The molecule has 120 valence electrons. The maximum atomic E-state index is 12.6. The molecule has 0 saturated carbocycles. The van der Waals surface area contributed by atoms with Crippen LogP contribution in [0.5, 0.6) is 0 Å². The van der Waals surface area contributed by atoms with Crippen LogP contribution in [0.15, 0.2) is 30.3 Å². The molecule has 3 unspecified atom stereocenters. The number of unbranched alkanes of at least 4 members (excludes halogenated alkanes) is 2. The Labute approximate surface area is 133 Å². The molecule has 2 rings (SSSR count). The van der Waals surface area contributed by atoms with Gasteiger partial charge in [-0.25, -0.2) is 8.42 Å². The fourth-order valence-electron chi connectivity index (χ4n) is 3.48. The fourth-order valence-corrected chi connectivity index (χ4v) is 5.55. The zero-order valence-electron chi connectivity index (χ0n) is 13.3. The molecule has 0 spiro atoms. The second kappa shape index (κ2) is 7.26. The highest BCUT2D eigenvalue weighted by molar-refractivity contribution is 7.89. The number of sulfonamides is 1. The van der Waals surface area contributed by atoms with Crippen molar-refractivity contribution in [1.82, 2.24) is 4.31 Å². The van der Waals surface area contributed by atoms with Gasteiger partial charge >= 0.3 is 0 Å². The number of rotatable bonds is 6. The monoisotopic (exact) mass is 320 g/mol. The van der Waals surface area contributed by atoms with Crippen LogP contribution < -0.4 is 0 Å². The fraction of sp³-hybridized carbons (Fsp3) is 0.588. The topological polar surface area (TPSA) is 61.2 Å². The smallest absolute Gasteiger partial charge is 0.212 e. The molecule has 0 aliphatic carbocycles. The van der Waals surface area contributed by atoms with Gasteiger partial charge in [-0.2, -0.15) is 9.57 Å². The van der Waals surface area contributed by atoms with Crippen molar-refractivity contribution in [2.45, 2.75) is 57.5 Å². The normalized spacial score (nSPS) is 26.0. The Hall–Kier alpha value is -1.38. The number of hydrogen-bond donors (Lipinski definition) is 0. The molecular weight excluding hydrogens is 296 g/mol. The number of nitriles is 1. The minimum absolute atomic E-state index is 0.0154. The van der Waals surface area contributed by atoms with Crippen LogP contribution >= 0.6 is 0 Å². The molecule has 0 bridgehead atoms. The molecule has 5 heteroatoms. The summed E-state index contributed by atoms with van der Waals surface area (Å²) in [5.74, 6) is 0.398. The van der Waals surface area contributed by atoms with Crippen LogP contribution in [0, 0.1) is 11.3 Å². The van der Waals surface area contributed by atoms with E-state index < -0.39 is 10.0 Å². The first-order valence-corrected chi connectivity index (χ1v) is 9.51. The van der Waals surface area contributed by atoms with E-state index in [4.69, 9.17) is 5.26 Å². The van der Waals surface area contributed by atoms with Gasteiger partial charge < -0.3 is 0 Å². The van der Waals surface area contributed by atoms with Gasteiger partial charge in [0, 0.05) is 24.4 Å². The first kappa shape index (κ1) is 17.0. The average Bonchev–Trinajstić information content (AvgIpc) is 2.80. The zero-order chi connectivity index (χ0) is 16.2. The molecular formula is C17H24N2O2S. The van der Waals surface area contributed by atoms with E-state index in [0.29, 0.717) is 19.3 Å². The van der Waals surface area contributed by atoms with Gasteiger partial charge in [0.2, 0.25) is 10.0 Å². The van der Waals surface area contributed by atoms with Gasteiger partial charge in [-0.05, 0) is 38.7 Å². The quantitative estimate of drug-likeness (QED) is 0.756. The first-order chi connectivity index (χ1) is 10.5. The van der Waals surface area contributed by atoms with Crippen molar-refractivity contribution in [3.8, 4) is 6.07 Å². The van der Waals surface area contributed by atoms with E-state index in [1.165, 1.54) is 5.56 Å². The van der Waals surface area contributed by atoms with Crippen molar-refractivity contribution < 1.29 is 8.42 Å². The van der Waals surface area contributed by atoms with E-state index in [-0.39, 0.29) is 23.8 Å². The lowest BCUT2D eigenvalue weighted by Crippen LogP contribution is -2.40. The predicted octanol–water partition coefficient (Wildman–Crippen LogP) is 3.28. The number of nitrogens with zero attached hydrogens (tertiary/aromatic N) is 2. The summed E-state index contributed by atoms with van der Waals surface area (Å²) in [5.41, 5.74) is 1.21. The molecule has 1 aromatic carbocycles. The molecule has 1 saturated heterocycles. The van der Waals surface area contributed by atoms with E-state index in [0.717, 1.165) is 6.42 Å². The van der Waals surface area contributed by atoms with Gasteiger partial charge in [-0.1, -0.05) is 30.3 Å². The standard InChI is InChI=1S/C17H24N2O2S/c1-14-13-17(16-9-5-3-6-10-16)15(2)19(14)22(20,21)12-8-4-7-11-18/h3,5-6,9-10,14-15,17H,4,7-8,12-13H2,1-2H3. The molecule has 1 aliphatic rings. The van der Waals surface area contributed by atoms with Gasteiger partial charge in [0.05, 0.1) is 11.8 Å². The van der Waals surface area contributed by atoms with Crippen LogP contribution in [0.2, 0.25) is 0 Å². The highest BCUT2D eigenvalue weighted by Gasteiger charge is 2.42. The Morgan fingerprint density at radius 1 is 1.23 bits per heavy atom. The molecule has 1 aliphatic heterocycles. The van der Waals surface area contributed by atoms with Crippen molar-refractivity contribution in [2.75, 3.05) is 5.75 Å². The first-order valence-electron chi connectivity index (χ1n) is 7.90. The lowest BCUT2D eigenvalue weighted by molar-refractivity contribution is 0.343. The summed E-state index contributed by atoms with van der Waals surface area (Å²) in [6, 6.07) is 12.2. The molecule has 3 atom stereocenters. The summed E-state index contributed by atoms with van der Waals surface area (Å²) in [4.78, 5) is 0. The highest BCUT2D eigenvalue weighted by Crippen LogP contribution is 2.39. The van der Waals surface area contributed by atoms with Crippen molar-refractivity contribution in [2.24, 2.45) is 0 Å². The lowest BCUT2D eigenvalue weighted by atomic mass is 9.92. The van der Waals surface area contributed by atoms with Crippen LogP contribution in [0.4, 0.5) is 0 Å². The summed E-state index contributed by atoms with van der Waals surface area (Å²) >= 11 is 0. The molecule has 0 aromatic heterocycles. The lowest BCUT2D eigenvalue weighted by Gasteiger charge is -2.27. The molecule has 0 N–H and O–H groups in total. The SMILES string of the molecule is CC1CC(c2ccccc2)C(C)N1S(=O)(=O)CCCCC#N. The van der Waals surface area contributed by atoms with Crippen LogP contribution in [0.25, 0.3) is 0 Å². The van der Waals surface area contributed by atoms with Crippen LogP contribution in [0.1, 0.15) is 51.0 Å². The summed E-state index contributed by atoms with van der Waals surface area (Å²) in [7, 11) is -3.26. The van der Waals surface area contributed by atoms with Crippen LogP contribution in [0.3, 0.4) is 0 Å². The minimum Gasteiger partial charge on any atom is -0.212 e. The largest absolute Gasteiger partial charge is 0.214 e. The maximum Gasteiger partial charge on any atom is 0.214 e. The van der Waals surface area contributed by atoms with Crippen molar-refractivity contribution in [3.63, 3.8) is 0 Å². The van der Waals surface area contributed by atoms with E-state index in [2.05, 4.69) is 18.2 Å². The van der Waals surface area contributed by atoms with Gasteiger partial charge in [0.15, 0.2) is 0 Å². The summed E-state index contributed by atoms with van der Waals surface area (Å²) in [6.45, 7) is 4.00. The predicted molar refractivity (Wildman–Crippen MR) is 87.8 cm³/mol. The molecule has 22 heavy (non-hydrogen) atoms. The van der Waals surface area contributed by atoms with Gasteiger partial charge in [-0.3, -0.25) is 0 Å². The van der Waals surface area contributed by atoms with Crippen LogP contribution in [-0.2, 0) is 10.0 Å². The molecule has 1 fully saturated rings.